The van der Waals surface area contributed by atoms with Gasteiger partial charge in [-0.3, -0.25) is 4.79 Å². The van der Waals surface area contributed by atoms with E-state index in [1.807, 2.05) is 25.1 Å². The summed E-state index contributed by atoms with van der Waals surface area (Å²) in [5.41, 5.74) is 2.28. The van der Waals surface area contributed by atoms with Crippen molar-refractivity contribution in [3.63, 3.8) is 0 Å². The lowest BCUT2D eigenvalue weighted by Crippen LogP contribution is -2.14. The van der Waals surface area contributed by atoms with Crippen molar-refractivity contribution in [2.45, 2.75) is 20.3 Å². The molecule has 0 unspecified atom stereocenters. The van der Waals surface area contributed by atoms with Crippen LogP contribution in [-0.4, -0.2) is 33.2 Å². The molecule has 138 valence electrons. The van der Waals surface area contributed by atoms with Crippen LogP contribution in [0.4, 0.5) is 5.69 Å². The van der Waals surface area contributed by atoms with Crippen LogP contribution in [0.25, 0.3) is 5.82 Å². The molecule has 3 aromatic rings. The molecule has 0 radical (unpaired) electrons. The first-order chi connectivity index (χ1) is 13.1. The van der Waals surface area contributed by atoms with Crippen LogP contribution in [0, 0.1) is 0 Å². The zero-order valence-corrected chi connectivity index (χ0v) is 15.2. The Hall–Kier alpha value is -3.48. The van der Waals surface area contributed by atoms with Gasteiger partial charge in [-0.25, -0.2) is 14.5 Å². The summed E-state index contributed by atoms with van der Waals surface area (Å²) in [6.07, 6.45) is 3.85. The number of ether oxygens (including phenoxy) is 1. The first-order valence-electron chi connectivity index (χ1n) is 8.70. The molecule has 27 heavy (non-hydrogen) atoms. The van der Waals surface area contributed by atoms with Crippen LogP contribution in [0.1, 0.15) is 40.3 Å². The van der Waals surface area contributed by atoms with Gasteiger partial charge in [0.2, 0.25) is 0 Å². The molecular formula is C20H20N4O3. The van der Waals surface area contributed by atoms with Gasteiger partial charge in [-0.15, -0.1) is 0 Å². The third-order valence-electron chi connectivity index (χ3n) is 3.97. The first kappa shape index (κ1) is 18.3. The second-order valence-corrected chi connectivity index (χ2v) is 5.71. The number of pyridine rings is 1. The molecule has 0 aliphatic carbocycles. The Balaban J connectivity index is 1.79. The maximum atomic E-state index is 12.7. The number of nitrogens with zero attached hydrogens (tertiary/aromatic N) is 3. The van der Waals surface area contributed by atoms with Gasteiger partial charge in [0.1, 0.15) is 0 Å². The Morgan fingerprint density at radius 2 is 1.89 bits per heavy atom. The Kier molecular flexibility index (Phi) is 5.61. The second kappa shape index (κ2) is 8.27. The van der Waals surface area contributed by atoms with Gasteiger partial charge < -0.3 is 10.1 Å². The molecule has 0 spiro atoms. The highest BCUT2D eigenvalue weighted by Crippen LogP contribution is 2.17. The normalized spacial score (nSPS) is 10.4. The van der Waals surface area contributed by atoms with Crippen LogP contribution in [0.5, 0.6) is 0 Å². The molecule has 7 heteroatoms. The maximum absolute atomic E-state index is 12.7. The highest BCUT2D eigenvalue weighted by atomic mass is 16.5. The SMILES string of the molecule is CCOC(=O)c1ccc(NC(=O)c2cnn(-c3ccccn3)c2CC)cc1. The summed E-state index contributed by atoms with van der Waals surface area (Å²) in [7, 11) is 0. The van der Waals surface area contributed by atoms with Gasteiger partial charge in [0, 0.05) is 11.9 Å². The summed E-state index contributed by atoms with van der Waals surface area (Å²) >= 11 is 0. The number of aromatic nitrogens is 3. The summed E-state index contributed by atoms with van der Waals surface area (Å²) in [6.45, 7) is 4.03. The van der Waals surface area contributed by atoms with Crippen LogP contribution in [-0.2, 0) is 11.2 Å². The van der Waals surface area contributed by atoms with Crippen molar-refractivity contribution < 1.29 is 14.3 Å². The molecule has 0 saturated carbocycles. The fourth-order valence-electron chi connectivity index (χ4n) is 2.68. The minimum Gasteiger partial charge on any atom is -0.462 e. The third-order valence-corrected chi connectivity index (χ3v) is 3.97. The monoisotopic (exact) mass is 364 g/mol. The predicted molar refractivity (Wildman–Crippen MR) is 101 cm³/mol. The topological polar surface area (TPSA) is 86.1 Å². The largest absolute Gasteiger partial charge is 0.462 e. The first-order valence-corrected chi connectivity index (χ1v) is 8.70. The molecule has 0 bridgehead atoms. The van der Waals surface area contributed by atoms with E-state index in [1.54, 1.807) is 42.1 Å². The molecular weight excluding hydrogens is 344 g/mol. The van der Waals surface area contributed by atoms with Crippen molar-refractivity contribution in [2.24, 2.45) is 0 Å². The van der Waals surface area contributed by atoms with Crippen molar-refractivity contribution in [3.8, 4) is 5.82 Å². The van der Waals surface area contributed by atoms with Gasteiger partial charge in [-0.1, -0.05) is 13.0 Å². The number of carbonyl (C=O) groups is 2. The van der Waals surface area contributed by atoms with Crippen molar-refractivity contribution >= 4 is 17.6 Å². The van der Waals surface area contributed by atoms with Gasteiger partial charge >= 0.3 is 5.97 Å². The molecule has 0 aliphatic rings. The van der Waals surface area contributed by atoms with E-state index in [0.717, 1.165) is 5.69 Å². The fourth-order valence-corrected chi connectivity index (χ4v) is 2.68. The van der Waals surface area contributed by atoms with Gasteiger partial charge in [0.15, 0.2) is 5.82 Å². The summed E-state index contributed by atoms with van der Waals surface area (Å²) in [6, 6.07) is 12.1. The van der Waals surface area contributed by atoms with E-state index < -0.39 is 0 Å². The van der Waals surface area contributed by atoms with E-state index in [-0.39, 0.29) is 11.9 Å². The number of anilines is 1. The van der Waals surface area contributed by atoms with E-state index in [4.69, 9.17) is 4.74 Å². The van der Waals surface area contributed by atoms with E-state index in [2.05, 4.69) is 15.4 Å². The van der Waals surface area contributed by atoms with Gasteiger partial charge in [-0.2, -0.15) is 5.10 Å². The summed E-state index contributed by atoms with van der Waals surface area (Å²) in [5, 5.41) is 7.14. The fraction of sp³-hybridized carbons (Fsp3) is 0.200. The maximum Gasteiger partial charge on any atom is 0.338 e. The number of hydrogen-bond acceptors (Lipinski definition) is 5. The van der Waals surface area contributed by atoms with Crippen LogP contribution >= 0.6 is 0 Å². The highest BCUT2D eigenvalue weighted by Gasteiger charge is 2.18. The Labute approximate surface area is 157 Å². The third kappa shape index (κ3) is 4.03. The lowest BCUT2D eigenvalue weighted by molar-refractivity contribution is 0.0526. The molecule has 0 fully saturated rings. The van der Waals surface area contributed by atoms with Crippen molar-refractivity contribution in [2.75, 3.05) is 11.9 Å². The van der Waals surface area contributed by atoms with Gasteiger partial charge in [-0.05, 0) is 49.7 Å². The van der Waals surface area contributed by atoms with E-state index >= 15 is 0 Å². The van der Waals surface area contributed by atoms with E-state index in [1.165, 1.54) is 6.20 Å². The molecule has 0 saturated heterocycles. The lowest BCUT2D eigenvalue weighted by atomic mass is 10.1. The van der Waals surface area contributed by atoms with Gasteiger partial charge in [0.25, 0.3) is 5.91 Å². The standard InChI is InChI=1S/C20H20N4O3/c1-3-17-16(13-22-24(17)18-7-5-6-12-21-18)19(25)23-15-10-8-14(9-11-15)20(26)27-4-2/h5-13H,3-4H2,1-2H3,(H,23,25). The number of carbonyl (C=O) groups excluding carboxylic acids is 2. The molecule has 3 rings (SSSR count). The van der Waals surface area contributed by atoms with Crippen LogP contribution in [0.15, 0.2) is 54.9 Å². The molecule has 1 aromatic carbocycles. The second-order valence-electron chi connectivity index (χ2n) is 5.71. The molecule has 1 amide bonds. The number of amides is 1. The van der Waals surface area contributed by atoms with Crippen LogP contribution in [0.2, 0.25) is 0 Å². The average Bonchev–Trinajstić information content (AvgIpc) is 3.13. The van der Waals surface area contributed by atoms with Crippen molar-refractivity contribution in [1.29, 1.82) is 0 Å². The van der Waals surface area contributed by atoms with Crippen molar-refractivity contribution in [1.82, 2.24) is 14.8 Å². The number of rotatable bonds is 6. The molecule has 2 aromatic heterocycles. The van der Waals surface area contributed by atoms with Gasteiger partial charge in [0.05, 0.1) is 29.6 Å². The number of hydrogen-bond donors (Lipinski definition) is 1. The number of nitrogens with one attached hydrogen (secondary N) is 1. The molecule has 0 atom stereocenters. The predicted octanol–water partition coefficient (Wildman–Crippen LogP) is 3.26. The molecule has 2 heterocycles. The summed E-state index contributed by atoms with van der Waals surface area (Å²) in [4.78, 5) is 28.7. The number of esters is 1. The molecule has 0 aliphatic heterocycles. The highest BCUT2D eigenvalue weighted by molar-refractivity contribution is 6.05. The Morgan fingerprint density at radius 3 is 2.52 bits per heavy atom. The minimum atomic E-state index is -0.389. The van der Waals surface area contributed by atoms with Crippen LogP contribution in [0.3, 0.4) is 0 Å². The van der Waals surface area contributed by atoms with E-state index in [9.17, 15) is 9.59 Å². The molecule has 7 nitrogen and oxygen atoms in total. The zero-order valence-electron chi connectivity index (χ0n) is 15.2. The quantitative estimate of drug-likeness (QED) is 0.679. The Bertz CT molecular complexity index is 934. The minimum absolute atomic E-state index is 0.266. The smallest absolute Gasteiger partial charge is 0.338 e. The lowest BCUT2D eigenvalue weighted by Gasteiger charge is -2.08. The average molecular weight is 364 g/mol. The number of benzene rings is 1. The van der Waals surface area contributed by atoms with Crippen molar-refractivity contribution in [3.05, 3.63) is 71.7 Å². The summed E-state index contributed by atoms with van der Waals surface area (Å²) in [5.74, 6) is 0.00499. The zero-order chi connectivity index (χ0) is 19.2. The van der Waals surface area contributed by atoms with E-state index in [0.29, 0.717) is 35.7 Å². The summed E-state index contributed by atoms with van der Waals surface area (Å²) < 4.78 is 6.62. The Morgan fingerprint density at radius 1 is 1.11 bits per heavy atom. The molecule has 1 N–H and O–H groups in total. The van der Waals surface area contributed by atoms with Crippen LogP contribution < -0.4 is 5.32 Å².